The van der Waals surface area contributed by atoms with E-state index in [-0.39, 0.29) is 12.4 Å². The van der Waals surface area contributed by atoms with Gasteiger partial charge in [-0.1, -0.05) is 30.3 Å². The first kappa shape index (κ1) is 13.4. The SMILES string of the molecule is C[NH+](Cc1ccccc1)C(C)(O)O.[Cl-]. The van der Waals surface area contributed by atoms with Gasteiger partial charge in [-0.3, -0.25) is 4.90 Å². The first-order chi connectivity index (χ1) is 6.00. The van der Waals surface area contributed by atoms with E-state index in [9.17, 15) is 10.2 Å². The first-order valence-electron chi connectivity index (χ1n) is 4.32. The van der Waals surface area contributed by atoms with E-state index in [1.54, 1.807) is 7.05 Å². The molecule has 0 heterocycles. The quantitative estimate of drug-likeness (QED) is 0.458. The third-order valence-electron chi connectivity index (χ3n) is 2.12. The zero-order chi connectivity index (χ0) is 9.90. The van der Waals surface area contributed by atoms with E-state index in [4.69, 9.17) is 0 Å². The topological polar surface area (TPSA) is 44.9 Å². The number of benzene rings is 1. The molecule has 80 valence electrons. The number of hydrogen-bond acceptors (Lipinski definition) is 2. The van der Waals surface area contributed by atoms with E-state index in [1.165, 1.54) is 6.92 Å². The van der Waals surface area contributed by atoms with Gasteiger partial charge < -0.3 is 22.6 Å². The summed E-state index contributed by atoms with van der Waals surface area (Å²) in [4.78, 5) is 0.652. The minimum atomic E-state index is -1.67. The summed E-state index contributed by atoms with van der Waals surface area (Å²) in [5.74, 6) is -1.67. The van der Waals surface area contributed by atoms with Crippen LogP contribution in [-0.2, 0) is 6.54 Å². The van der Waals surface area contributed by atoms with Crippen LogP contribution in [0.5, 0.6) is 0 Å². The smallest absolute Gasteiger partial charge is 0.309 e. The molecule has 3 N–H and O–H groups in total. The maximum Gasteiger partial charge on any atom is 0.309 e. The van der Waals surface area contributed by atoms with Crippen LogP contribution < -0.4 is 17.3 Å². The predicted molar refractivity (Wildman–Crippen MR) is 49.9 cm³/mol. The molecule has 0 radical (unpaired) electrons. The fourth-order valence-electron chi connectivity index (χ4n) is 1.07. The second kappa shape index (κ2) is 5.32. The molecule has 0 bridgehead atoms. The zero-order valence-electron chi connectivity index (χ0n) is 8.37. The summed E-state index contributed by atoms with van der Waals surface area (Å²) in [6.07, 6.45) is 0. The molecule has 1 atom stereocenters. The summed E-state index contributed by atoms with van der Waals surface area (Å²) in [5.41, 5.74) is 1.09. The summed E-state index contributed by atoms with van der Waals surface area (Å²) in [6, 6.07) is 9.75. The Hall–Kier alpha value is -0.610. The molecule has 1 unspecified atom stereocenters. The summed E-state index contributed by atoms with van der Waals surface area (Å²) in [5, 5.41) is 18.5. The van der Waals surface area contributed by atoms with Crippen LogP contribution in [0.3, 0.4) is 0 Å². The Morgan fingerprint density at radius 2 is 1.71 bits per heavy atom. The van der Waals surface area contributed by atoms with Crippen molar-refractivity contribution in [3.05, 3.63) is 35.9 Å². The minimum Gasteiger partial charge on any atom is -1.00 e. The molecule has 0 spiro atoms. The van der Waals surface area contributed by atoms with E-state index in [0.717, 1.165) is 5.56 Å². The lowest BCUT2D eigenvalue weighted by atomic mass is 10.2. The van der Waals surface area contributed by atoms with Crippen LogP contribution in [0, 0.1) is 0 Å². The van der Waals surface area contributed by atoms with Crippen LogP contribution >= 0.6 is 0 Å². The highest BCUT2D eigenvalue weighted by molar-refractivity contribution is 5.13. The van der Waals surface area contributed by atoms with Crippen LogP contribution in [-0.4, -0.2) is 23.2 Å². The molecule has 1 rings (SSSR count). The molecule has 1 aromatic carbocycles. The van der Waals surface area contributed by atoms with Crippen molar-refractivity contribution in [3.63, 3.8) is 0 Å². The van der Waals surface area contributed by atoms with Crippen molar-refractivity contribution < 1.29 is 27.5 Å². The summed E-state index contributed by atoms with van der Waals surface area (Å²) < 4.78 is 0. The van der Waals surface area contributed by atoms with Crippen LogP contribution in [0.25, 0.3) is 0 Å². The van der Waals surface area contributed by atoms with Crippen molar-refractivity contribution in [1.82, 2.24) is 0 Å². The largest absolute Gasteiger partial charge is 1.00 e. The summed E-state index contributed by atoms with van der Waals surface area (Å²) >= 11 is 0. The lowest BCUT2D eigenvalue weighted by molar-refractivity contribution is -0.999. The fraction of sp³-hybridized carbons (Fsp3) is 0.400. The standard InChI is InChI=1S/C10H15NO2.ClH/c1-10(12,13)11(2)8-9-6-4-3-5-7-9;/h3-7,12-13H,8H2,1-2H3;1H. The average Bonchev–Trinajstić information content (AvgIpc) is 2.04. The molecule has 0 saturated carbocycles. The molecule has 4 heteroatoms. The Balaban J connectivity index is 0.00000169. The number of aliphatic hydroxyl groups is 2. The second-order valence-electron chi connectivity index (χ2n) is 3.46. The van der Waals surface area contributed by atoms with Crippen molar-refractivity contribution in [2.45, 2.75) is 19.4 Å². The Bertz CT molecular complexity index is 259. The van der Waals surface area contributed by atoms with E-state index < -0.39 is 5.91 Å². The highest BCUT2D eigenvalue weighted by Crippen LogP contribution is 1.96. The number of hydrogen-bond donors (Lipinski definition) is 3. The highest BCUT2D eigenvalue weighted by atomic mass is 35.5. The molecular weight excluding hydrogens is 202 g/mol. The van der Waals surface area contributed by atoms with E-state index in [2.05, 4.69) is 0 Å². The Morgan fingerprint density at radius 3 is 2.14 bits per heavy atom. The molecule has 3 nitrogen and oxygen atoms in total. The third kappa shape index (κ3) is 4.07. The van der Waals surface area contributed by atoms with Crippen molar-refractivity contribution >= 4 is 0 Å². The lowest BCUT2D eigenvalue weighted by Crippen LogP contribution is -3.16. The lowest BCUT2D eigenvalue weighted by Gasteiger charge is -2.24. The summed E-state index contributed by atoms with van der Waals surface area (Å²) in [7, 11) is 1.74. The monoisotopic (exact) mass is 217 g/mol. The Labute approximate surface area is 90.4 Å². The van der Waals surface area contributed by atoms with Crippen molar-refractivity contribution in [2.24, 2.45) is 0 Å². The third-order valence-corrected chi connectivity index (χ3v) is 2.12. The number of halogens is 1. The van der Waals surface area contributed by atoms with E-state index in [1.807, 2.05) is 30.3 Å². The van der Waals surface area contributed by atoms with Gasteiger partial charge in [0.1, 0.15) is 6.54 Å². The van der Waals surface area contributed by atoms with Crippen LogP contribution in [0.1, 0.15) is 12.5 Å². The van der Waals surface area contributed by atoms with Gasteiger partial charge in [0.2, 0.25) is 0 Å². The molecule has 0 amide bonds. The molecule has 0 aliphatic carbocycles. The molecule has 0 saturated heterocycles. The fourth-order valence-corrected chi connectivity index (χ4v) is 1.07. The molecule has 0 fully saturated rings. The van der Waals surface area contributed by atoms with Crippen molar-refractivity contribution in [3.8, 4) is 0 Å². The predicted octanol–water partition coefficient (Wildman–Crippen LogP) is -3.64. The second-order valence-corrected chi connectivity index (χ2v) is 3.46. The molecule has 1 aromatic rings. The molecule has 0 aromatic heterocycles. The maximum absolute atomic E-state index is 9.27. The van der Waals surface area contributed by atoms with Gasteiger partial charge >= 0.3 is 5.91 Å². The van der Waals surface area contributed by atoms with Gasteiger partial charge in [0.05, 0.1) is 7.05 Å². The van der Waals surface area contributed by atoms with Gasteiger partial charge in [0.15, 0.2) is 0 Å². The Morgan fingerprint density at radius 1 is 1.21 bits per heavy atom. The van der Waals surface area contributed by atoms with Gasteiger partial charge in [-0.25, -0.2) is 0 Å². The van der Waals surface area contributed by atoms with Gasteiger partial charge in [-0.05, 0) is 0 Å². The minimum absolute atomic E-state index is 0. The Kier molecular flexibility index (Phi) is 5.08. The van der Waals surface area contributed by atoms with Crippen LogP contribution in [0.4, 0.5) is 0 Å². The molecule has 0 aliphatic heterocycles. The number of quaternary nitrogens is 1. The van der Waals surface area contributed by atoms with Gasteiger partial charge in [0.25, 0.3) is 0 Å². The average molecular weight is 218 g/mol. The van der Waals surface area contributed by atoms with Crippen LogP contribution in [0.15, 0.2) is 30.3 Å². The number of nitrogens with one attached hydrogen (secondary N) is 1. The first-order valence-corrected chi connectivity index (χ1v) is 4.32. The van der Waals surface area contributed by atoms with Gasteiger partial charge in [-0.15, -0.1) is 0 Å². The normalized spacial score (nSPS) is 13.1. The molecule has 0 aliphatic rings. The van der Waals surface area contributed by atoms with Crippen molar-refractivity contribution in [2.75, 3.05) is 7.05 Å². The van der Waals surface area contributed by atoms with E-state index in [0.29, 0.717) is 11.4 Å². The van der Waals surface area contributed by atoms with E-state index >= 15 is 0 Å². The zero-order valence-corrected chi connectivity index (χ0v) is 9.12. The maximum atomic E-state index is 9.27. The highest BCUT2D eigenvalue weighted by Gasteiger charge is 2.26. The van der Waals surface area contributed by atoms with Gasteiger partial charge in [0, 0.05) is 12.5 Å². The summed E-state index contributed by atoms with van der Waals surface area (Å²) in [6.45, 7) is 1.98. The number of rotatable bonds is 3. The van der Waals surface area contributed by atoms with Crippen molar-refractivity contribution in [1.29, 1.82) is 0 Å². The van der Waals surface area contributed by atoms with Crippen LogP contribution in [0.2, 0.25) is 0 Å². The molecular formula is C10H16ClNO2. The molecule has 14 heavy (non-hydrogen) atoms. The van der Waals surface area contributed by atoms with Gasteiger partial charge in [-0.2, -0.15) is 0 Å².